The standard InChI is InChI=1S/C19H15N3OS/c1-12(23)22-16-4-2-3-13(7-16)18-10-21-19-17(18)8-15(9-20-19)14-5-6-24-11-14/h2-11H,1H3,(H,20,21)(H,22,23). The summed E-state index contributed by atoms with van der Waals surface area (Å²) in [6, 6.07) is 12.1. The lowest BCUT2D eigenvalue weighted by Gasteiger charge is -2.05. The minimum Gasteiger partial charge on any atom is -0.346 e. The fourth-order valence-electron chi connectivity index (χ4n) is 2.80. The SMILES string of the molecule is CC(=O)Nc1cccc(-c2c[nH]c3ncc(-c4ccsc4)cc23)c1. The molecule has 0 saturated carbocycles. The van der Waals surface area contributed by atoms with Crippen molar-refractivity contribution in [1.82, 2.24) is 9.97 Å². The van der Waals surface area contributed by atoms with Crippen LogP contribution < -0.4 is 5.32 Å². The van der Waals surface area contributed by atoms with Crippen LogP contribution in [-0.4, -0.2) is 15.9 Å². The number of fused-ring (bicyclic) bond motifs is 1. The van der Waals surface area contributed by atoms with Gasteiger partial charge in [0, 0.05) is 41.5 Å². The van der Waals surface area contributed by atoms with Crippen LogP contribution in [-0.2, 0) is 4.79 Å². The number of hydrogen-bond acceptors (Lipinski definition) is 3. The number of carbonyl (C=O) groups is 1. The Kier molecular flexibility index (Phi) is 3.63. The molecule has 0 atom stereocenters. The van der Waals surface area contributed by atoms with E-state index in [1.54, 1.807) is 11.3 Å². The molecule has 0 fully saturated rings. The number of carbonyl (C=O) groups excluding carboxylic acids is 1. The summed E-state index contributed by atoms with van der Waals surface area (Å²) in [6.07, 6.45) is 3.85. The summed E-state index contributed by atoms with van der Waals surface area (Å²) >= 11 is 1.67. The lowest BCUT2D eigenvalue weighted by atomic mass is 10.0. The second-order valence-electron chi connectivity index (χ2n) is 5.60. The van der Waals surface area contributed by atoms with Crippen LogP contribution >= 0.6 is 11.3 Å². The van der Waals surface area contributed by atoms with E-state index >= 15 is 0 Å². The van der Waals surface area contributed by atoms with Gasteiger partial charge in [-0.3, -0.25) is 4.79 Å². The Morgan fingerprint density at radius 1 is 1.17 bits per heavy atom. The number of H-pyrrole nitrogens is 1. The van der Waals surface area contributed by atoms with Gasteiger partial charge in [-0.25, -0.2) is 4.98 Å². The molecule has 0 saturated heterocycles. The Balaban J connectivity index is 1.82. The highest BCUT2D eigenvalue weighted by Crippen LogP contribution is 2.32. The minimum absolute atomic E-state index is 0.0764. The summed E-state index contributed by atoms with van der Waals surface area (Å²) in [7, 11) is 0. The van der Waals surface area contributed by atoms with E-state index in [1.807, 2.05) is 36.7 Å². The van der Waals surface area contributed by atoms with Crippen LogP contribution in [0.2, 0.25) is 0 Å². The number of nitrogens with zero attached hydrogens (tertiary/aromatic N) is 1. The van der Waals surface area contributed by atoms with E-state index in [9.17, 15) is 4.79 Å². The zero-order valence-electron chi connectivity index (χ0n) is 13.0. The molecule has 24 heavy (non-hydrogen) atoms. The van der Waals surface area contributed by atoms with Gasteiger partial charge in [-0.1, -0.05) is 12.1 Å². The van der Waals surface area contributed by atoms with E-state index in [0.717, 1.165) is 33.4 Å². The van der Waals surface area contributed by atoms with Crippen LogP contribution in [0.3, 0.4) is 0 Å². The molecule has 0 aliphatic carbocycles. The highest BCUT2D eigenvalue weighted by molar-refractivity contribution is 7.08. The lowest BCUT2D eigenvalue weighted by Crippen LogP contribution is -2.05. The number of anilines is 1. The Labute approximate surface area is 143 Å². The number of amides is 1. The lowest BCUT2D eigenvalue weighted by molar-refractivity contribution is -0.114. The van der Waals surface area contributed by atoms with E-state index in [0.29, 0.717) is 0 Å². The maximum atomic E-state index is 11.3. The third-order valence-electron chi connectivity index (χ3n) is 3.88. The molecule has 4 aromatic rings. The summed E-state index contributed by atoms with van der Waals surface area (Å²) in [5.74, 6) is -0.0764. The van der Waals surface area contributed by atoms with Gasteiger partial charge in [0.1, 0.15) is 5.65 Å². The average molecular weight is 333 g/mol. The molecule has 2 N–H and O–H groups in total. The van der Waals surface area contributed by atoms with Crippen molar-refractivity contribution in [3.8, 4) is 22.3 Å². The van der Waals surface area contributed by atoms with Gasteiger partial charge in [-0.05, 0) is 46.2 Å². The number of aromatic amines is 1. The molecule has 118 valence electrons. The van der Waals surface area contributed by atoms with Gasteiger partial charge in [0.2, 0.25) is 5.91 Å². The van der Waals surface area contributed by atoms with Gasteiger partial charge in [0.25, 0.3) is 0 Å². The van der Waals surface area contributed by atoms with E-state index < -0.39 is 0 Å². The van der Waals surface area contributed by atoms with E-state index in [4.69, 9.17) is 0 Å². The largest absolute Gasteiger partial charge is 0.346 e. The summed E-state index contributed by atoms with van der Waals surface area (Å²) in [5.41, 5.74) is 6.03. The molecular weight excluding hydrogens is 318 g/mol. The second kappa shape index (κ2) is 5.94. The molecule has 0 aliphatic heterocycles. The van der Waals surface area contributed by atoms with Crippen molar-refractivity contribution >= 4 is 34.0 Å². The topological polar surface area (TPSA) is 57.8 Å². The molecule has 4 nitrogen and oxygen atoms in total. The molecule has 3 aromatic heterocycles. The van der Waals surface area contributed by atoms with E-state index in [-0.39, 0.29) is 5.91 Å². The van der Waals surface area contributed by atoms with Crippen molar-refractivity contribution in [2.75, 3.05) is 5.32 Å². The molecule has 0 bridgehead atoms. The Morgan fingerprint density at radius 2 is 2.08 bits per heavy atom. The Morgan fingerprint density at radius 3 is 2.88 bits per heavy atom. The predicted octanol–water partition coefficient (Wildman–Crippen LogP) is 4.92. The second-order valence-corrected chi connectivity index (χ2v) is 6.38. The zero-order valence-corrected chi connectivity index (χ0v) is 13.9. The molecule has 3 heterocycles. The van der Waals surface area contributed by atoms with Crippen LogP contribution in [0.15, 0.2) is 59.6 Å². The zero-order chi connectivity index (χ0) is 16.5. The molecular formula is C19H15N3OS. The third-order valence-corrected chi connectivity index (χ3v) is 4.56. The summed E-state index contributed by atoms with van der Waals surface area (Å²) < 4.78 is 0. The van der Waals surface area contributed by atoms with Crippen LogP contribution in [0.25, 0.3) is 33.3 Å². The molecule has 0 radical (unpaired) electrons. The van der Waals surface area contributed by atoms with Gasteiger partial charge in [-0.15, -0.1) is 0 Å². The van der Waals surface area contributed by atoms with Crippen LogP contribution in [0.4, 0.5) is 5.69 Å². The maximum Gasteiger partial charge on any atom is 0.221 e. The van der Waals surface area contributed by atoms with Gasteiger partial charge >= 0.3 is 0 Å². The van der Waals surface area contributed by atoms with Crippen LogP contribution in [0.1, 0.15) is 6.92 Å². The maximum absolute atomic E-state index is 11.3. The quantitative estimate of drug-likeness (QED) is 0.559. The summed E-state index contributed by atoms with van der Waals surface area (Å²) in [4.78, 5) is 19.0. The predicted molar refractivity (Wildman–Crippen MR) is 99.1 cm³/mol. The van der Waals surface area contributed by atoms with Gasteiger partial charge in [0.15, 0.2) is 0 Å². The molecule has 0 spiro atoms. The van der Waals surface area contributed by atoms with Crippen molar-refractivity contribution in [2.45, 2.75) is 6.92 Å². The minimum atomic E-state index is -0.0764. The van der Waals surface area contributed by atoms with E-state index in [2.05, 4.69) is 38.2 Å². The number of thiophene rings is 1. The number of benzene rings is 1. The highest BCUT2D eigenvalue weighted by atomic mass is 32.1. The normalized spacial score (nSPS) is 10.9. The van der Waals surface area contributed by atoms with Gasteiger partial charge in [-0.2, -0.15) is 11.3 Å². The first kappa shape index (κ1) is 14.7. The van der Waals surface area contributed by atoms with Gasteiger partial charge in [0.05, 0.1) is 0 Å². The van der Waals surface area contributed by atoms with Crippen molar-refractivity contribution in [3.05, 3.63) is 59.6 Å². The Bertz CT molecular complexity index is 1020. The molecule has 0 unspecified atom stereocenters. The molecule has 1 aromatic carbocycles. The fraction of sp³-hybridized carbons (Fsp3) is 0.0526. The monoisotopic (exact) mass is 333 g/mol. The number of pyridine rings is 1. The first-order chi connectivity index (χ1) is 11.7. The van der Waals surface area contributed by atoms with Crippen LogP contribution in [0, 0.1) is 0 Å². The number of nitrogens with one attached hydrogen (secondary N) is 2. The highest BCUT2D eigenvalue weighted by Gasteiger charge is 2.10. The van der Waals surface area contributed by atoms with Crippen molar-refractivity contribution in [1.29, 1.82) is 0 Å². The van der Waals surface area contributed by atoms with Crippen LogP contribution in [0.5, 0.6) is 0 Å². The van der Waals surface area contributed by atoms with Crippen molar-refractivity contribution < 1.29 is 4.79 Å². The Hall–Kier alpha value is -2.92. The number of hydrogen-bond donors (Lipinski definition) is 2. The van der Waals surface area contributed by atoms with Gasteiger partial charge < -0.3 is 10.3 Å². The van der Waals surface area contributed by atoms with Crippen molar-refractivity contribution in [3.63, 3.8) is 0 Å². The first-order valence-corrected chi connectivity index (χ1v) is 8.53. The smallest absolute Gasteiger partial charge is 0.221 e. The van der Waals surface area contributed by atoms with E-state index in [1.165, 1.54) is 12.5 Å². The average Bonchev–Trinajstić information content (AvgIpc) is 3.23. The number of aromatic nitrogens is 2. The first-order valence-electron chi connectivity index (χ1n) is 7.58. The molecule has 0 aliphatic rings. The van der Waals surface area contributed by atoms with Crippen molar-refractivity contribution in [2.24, 2.45) is 0 Å². The fourth-order valence-corrected chi connectivity index (χ4v) is 3.46. The molecule has 4 rings (SSSR count). The summed E-state index contributed by atoms with van der Waals surface area (Å²) in [5, 5.41) is 8.08. The summed E-state index contributed by atoms with van der Waals surface area (Å²) in [6.45, 7) is 1.51. The molecule has 5 heteroatoms. The number of rotatable bonds is 3. The molecule has 1 amide bonds. The third kappa shape index (κ3) is 2.70.